The average Bonchev–Trinajstić information content (AvgIpc) is 3.12. The van der Waals surface area contributed by atoms with E-state index in [1.807, 2.05) is 67.6 Å². The summed E-state index contributed by atoms with van der Waals surface area (Å²) >= 11 is 0. The number of hydrogen-bond donors (Lipinski definition) is 1. The minimum absolute atomic E-state index is 0.180. The van der Waals surface area contributed by atoms with E-state index in [0.717, 1.165) is 22.4 Å². The first-order valence-corrected chi connectivity index (χ1v) is 8.45. The van der Waals surface area contributed by atoms with Gasteiger partial charge in [-0.2, -0.15) is 5.10 Å². The molecule has 0 unspecified atom stereocenters. The summed E-state index contributed by atoms with van der Waals surface area (Å²) in [5.74, 6) is -0.180. The molecular weight excluding hydrogens is 324 g/mol. The van der Waals surface area contributed by atoms with Crippen LogP contribution in [0.5, 0.6) is 0 Å². The average molecular weight is 342 g/mol. The van der Waals surface area contributed by atoms with Crippen LogP contribution in [0.2, 0.25) is 0 Å². The van der Waals surface area contributed by atoms with Crippen molar-refractivity contribution in [3.05, 3.63) is 89.7 Å². The molecule has 2 heterocycles. The Bertz CT molecular complexity index is 1070. The molecule has 1 amide bonds. The Labute approximate surface area is 151 Å². The number of aromatic nitrogens is 3. The van der Waals surface area contributed by atoms with E-state index in [2.05, 4.69) is 15.4 Å². The predicted octanol–water partition coefficient (Wildman–Crippen LogP) is 3.63. The van der Waals surface area contributed by atoms with Crippen LogP contribution in [0.4, 0.5) is 0 Å². The molecule has 0 radical (unpaired) electrons. The van der Waals surface area contributed by atoms with Crippen molar-refractivity contribution in [1.82, 2.24) is 19.9 Å². The Morgan fingerprint density at radius 2 is 1.81 bits per heavy atom. The SMILES string of the molecule is Cc1ccccc1CNC(=O)c1cnn2c(-c3ccccc3)ccnc12. The summed E-state index contributed by atoms with van der Waals surface area (Å²) in [7, 11) is 0. The standard InChI is InChI=1S/C21H18N4O/c1-15-7-5-6-10-17(15)13-23-21(26)18-14-24-25-19(11-12-22-20(18)25)16-8-3-2-4-9-16/h2-12,14H,13H2,1H3,(H,23,26). The molecule has 5 heteroatoms. The van der Waals surface area contributed by atoms with Crippen molar-refractivity contribution in [2.45, 2.75) is 13.5 Å². The number of fused-ring (bicyclic) bond motifs is 1. The smallest absolute Gasteiger partial charge is 0.257 e. The van der Waals surface area contributed by atoms with Crippen molar-refractivity contribution in [3.63, 3.8) is 0 Å². The Morgan fingerprint density at radius 1 is 1.04 bits per heavy atom. The zero-order valence-corrected chi connectivity index (χ0v) is 14.4. The van der Waals surface area contributed by atoms with Gasteiger partial charge in [-0.15, -0.1) is 0 Å². The van der Waals surface area contributed by atoms with E-state index >= 15 is 0 Å². The molecule has 4 aromatic rings. The third-order valence-electron chi connectivity index (χ3n) is 4.42. The van der Waals surface area contributed by atoms with Gasteiger partial charge in [0, 0.05) is 18.3 Å². The summed E-state index contributed by atoms with van der Waals surface area (Å²) in [6, 6.07) is 19.8. The van der Waals surface area contributed by atoms with Gasteiger partial charge in [-0.25, -0.2) is 9.50 Å². The van der Waals surface area contributed by atoms with Gasteiger partial charge in [0.2, 0.25) is 0 Å². The number of aryl methyl sites for hydroxylation is 1. The van der Waals surface area contributed by atoms with E-state index in [9.17, 15) is 4.79 Å². The van der Waals surface area contributed by atoms with Gasteiger partial charge in [-0.1, -0.05) is 54.6 Å². The van der Waals surface area contributed by atoms with E-state index in [4.69, 9.17) is 0 Å². The second kappa shape index (κ2) is 6.80. The van der Waals surface area contributed by atoms with Crippen LogP contribution in [0.15, 0.2) is 73.1 Å². The van der Waals surface area contributed by atoms with Crippen molar-refractivity contribution < 1.29 is 4.79 Å². The van der Waals surface area contributed by atoms with Gasteiger partial charge in [0.1, 0.15) is 5.56 Å². The minimum atomic E-state index is -0.180. The maximum absolute atomic E-state index is 12.6. The summed E-state index contributed by atoms with van der Waals surface area (Å²) in [4.78, 5) is 17.0. The van der Waals surface area contributed by atoms with Gasteiger partial charge >= 0.3 is 0 Å². The molecule has 0 atom stereocenters. The quantitative estimate of drug-likeness (QED) is 0.616. The molecule has 0 saturated heterocycles. The van der Waals surface area contributed by atoms with Crippen LogP contribution in [-0.4, -0.2) is 20.5 Å². The number of hydrogen-bond acceptors (Lipinski definition) is 3. The highest BCUT2D eigenvalue weighted by molar-refractivity contribution is 5.99. The van der Waals surface area contributed by atoms with E-state index < -0.39 is 0 Å². The summed E-state index contributed by atoms with van der Waals surface area (Å²) in [6.45, 7) is 2.51. The summed E-state index contributed by atoms with van der Waals surface area (Å²) < 4.78 is 1.71. The Hall–Kier alpha value is -3.47. The number of nitrogens with zero attached hydrogens (tertiary/aromatic N) is 3. The summed E-state index contributed by atoms with van der Waals surface area (Å²) in [5, 5.41) is 7.34. The number of rotatable bonds is 4. The van der Waals surface area contributed by atoms with Gasteiger partial charge in [0.25, 0.3) is 5.91 Å². The molecule has 128 valence electrons. The number of nitrogens with one attached hydrogen (secondary N) is 1. The number of carbonyl (C=O) groups excluding carboxylic acids is 1. The molecule has 2 aromatic carbocycles. The van der Waals surface area contributed by atoms with Crippen LogP contribution in [0, 0.1) is 6.92 Å². The van der Waals surface area contributed by atoms with E-state index in [-0.39, 0.29) is 5.91 Å². The highest BCUT2D eigenvalue weighted by Crippen LogP contribution is 2.20. The molecule has 0 bridgehead atoms. The normalized spacial score (nSPS) is 10.8. The molecule has 26 heavy (non-hydrogen) atoms. The molecule has 0 aliphatic rings. The van der Waals surface area contributed by atoms with Crippen LogP contribution in [0.3, 0.4) is 0 Å². The Balaban J connectivity index is 1.63. The molecule has 2 aromatic heterocycles. The van der Waals surface area contributed by atoms with Crippen LogP contribution in [0.25, 0.3) is 16.9 Å². The van der Waals surface area contributed by atoms with E-state index in [1.165, 1.54) is 0 Å². The lowest BCUT2D eigenvalue weighted by Crippen LogP contribution is -2.23. The second-order valence-corrected chi connectivity index (χ2v) is 6.10. The van der Waals surface area contributed by atoms with Crippen LogP contribution in [0.1, 0.15) is 21.5 Å². The topological polar surface area (TPSA) is 59.3 Å². The monoisotopic (exact) mass is 342 g/mol. The van der Waals surface area contributed by atoms with Gasteiger partial charge in [0.05, 0.1) is 11.9 Å². The van der Waals surface area contributed by atoms with Gasteiger partial charge in [0.15, 0.2) is 5.65 Å². The van der Waals surface area contributed by atoms with Crippen LogP contribution < -0.4 is 5.32 Å². The first kappa shape index (κ1) is 16.0. The zero-order chi connectivity index (χ0) is 17.9. The lowest BCUT2D eigenvalue weighted by atomic mass is 10.1. The molecule has 1 N–H and O–H groups in total. The maximum Gasteiger partial charge on any atom is 0.257 e. The summed E-state index contributed by atoms with van der Waals surface area (Å²) in [5.41, 5.74) is 5.18. The van der Waals surface area contributed by atoms with Crippen LogP contribution in [-0.2, 0) is 6.54 Å². The van der Waals surface area contributed by atoms with Gasteiger partial charge < -0.3 is 5.32 Å². The molecule has 0 spiro atoms. The van der Waals surface area contributed by atoms with E-state index in [1.54, 1.807) is 16.9 Å². The zero-order valence-electron chi connectivity index (χ0n) is 14.4. The summed E-state index contributed by atoms with van der Waals surface area (Å²) in [6.07, 6.45) is 3.28. The first-order valence-electron chi connectivity index (χ1n) is 8.45. The minimum Gasteiger partial charge on any atom is -0.348 e. The van der Waals surface area contributed by atoms with Crippen molar-refractivity contribution in [2.24, 2.45) is 0 Å². The Morgan fingerprint density at radius 3 is 2.62 bits per heavy atom. The largest absolute Gasteiger partial charge is 0.348 e. The van der Waals surface area contributed by atoms with Crippen molar-refractivity contribution >= 4 is 11.6 Å². The van der Waals surface area contributed by atoms with Crippen molar-refractivity contribution in [2.75, 3.05) is 0 Å². The maximum atomic E-state index is 12.6. The van der Waals surface area contributed by atoms with E-state index in [0.29, 0.717) is 17.8 Å². The third-order valence-corrected chi connectivity index (χ3v) is 4.42. The Kier molecular flexibility index (Phi) is 4.19. The lowest BCUT2D eigenvalue weighted by Gasteiger charge is -2.07. The molecular formula is C21H18N4O. The van der Waals surface area contributed by atoms with Crippen LogP contribution >= 0.6 is 0 Å². The fraction of sp³-hybridized carbons (Fsp3) is 0.0952. The molecule has 0 fully saturated rings. The fourth-order valence-electron chi connectivity index (χ4n) is 2.96. The third kappa shape index (κ3) is 2.95. The highest BCUT2D eigenvalue weighted by atomic mass is 16.1. The first-order chi connectivity index (χ1) is 12.7. The number of carbonyl (C=O) groups is 1. The van der Waals surface area contributed by atoms with Crippen molar-refractivity contribution in [1.29, 1.82) is 0 Å². The lowest BCUT2D eigenvalue weighted by molar-refractivity contribution is 0.0952. The molecule has 0 saturated carbocycles. The van der Waals surface area contributed by atoms with Gasteiger partial charge in [-0.05, 0) is 24.1 Å². The predicted molar refractivity (Wildman–Crippen MR) is 101 cm³/mol. The molecule has 0 aliphatic heterocycles. The fourth-order valence-corrected chi connectivity index (χ4v) is 2.96. The number of amides is 1. The molecule has 5 nitrogen and oxygen atoms in total. The van der Waals surface area contributed by atoms with Crippen molar-refractivity contribution in [3.8, 4) is 11.3 Å². The van der Waals surface area contributed by atoms with Gasteiger partial charge in [-0.3, -0.25) is 4.79 Å². The highest BCUT2D eigenvalue weighted by Gasteiger charge is 2.16. The molecule has 4 rings (SSSR count). The molecule has 0 aliphatic carbocycles. The second-order valence-electron chi connectivity index (χ2n) is 6.10. The number of benzene rings is 2.